The molecule has 16 heavy (non-hydrogen) atoms. The lowest BCUT2D eigenvalue weighted by Gasteiger charge is -2.08. The van der Waals surface area contributed by atoms with Crippen LogP contribution in [0, 0.1) is 0 Å². The largest absolute Gasteiger partial charge is 0.467 e. The zero-order valence-electron chi connectivity index (χ0n) is 9.44. The molecule has 0 aliphatic rings. The summed E-state index contributed by atoms with van der Waals surface area (Å²) in [6.45, 7) is 0.580. The molecule has 0 amide bonds. The van der Waals surface area contributed by atoms with E-state index in [-0.39, 0.29) is 16.8 Å². The number of halogens is 1. The van der Waals surface area contributed by atoms with Gasteiger partial charge < -0.3 is 14.2 Å². The molecule has 0 saturated heterocycles. The highest BCUT2D eigenvalue weighted by Crippen LogP contribution is 2.12. The normalized spacial score (nSPS) is 12.2. The Bertz CT molecular complexity index is 316. The van der Waals surface area contributed by atoms with Gasteiger partial charge in [0.2, 0.25) is 0 Å². The second-order valence-corrected chi connectivity index (χ2v) is 4.28. The van der Waals surface area contributed by atoms with Crippen LogP contribution < -0.4 is 9.47 Å². The maximum Gasteiger partial charge on any atom is 0.322 e. The van der Waals surface area contributed by atoms with E-state index in [9.17, 15) is 0 Å². The number of methoxy groups -OCH3 is 3. The zero-order valence-corrected chi connectivity index (χ0v) is 11.0. The van der Waals surface area contributed by atoms with Crippen LogP contribution in [0.3, 0.4) is 0 Å². The van der Waals surface area contributed by atoms with Gasteiger partial charge in [0.1, 0.15) is 5.82 Å². The number of rotatable bonds is 6. The van der Waals surface area contributed by atoms with Crippen molar-refractivity contribution >= 4 is 15.9 Å². The number of nitrogens with zero attached hydrogens (tertiary/aromatic N) is 3. The van der Waals surface area contributed by atoms with Gasteiger partial charge in [-0.25, -0.2) is 0 Å². The first-order valence-electron chi connectivity index (χ1n) is 4.65. The highest BCUT2D eigenvalue weighted by atomic mass is 79.9. The van der Waals surface area contributed by atoms with Gasteiger partial charge >= 0.3 is 12.0 Å². The van der Waals surface area contributed by atoms with Crippen molar-refractivity contribution in [1.82, 2.24) is 15.0 Å². The van der Waals surface area contributed by atoms with Crippen molar-refractivity contribution in [3.63, 3.8) is 0 Å². The summed E-state index contributed by atoms with van der Waals surface area (Å²) in [5.41, 5.74) is 0. The van der Waals surface area contributed by atoms with E-state index in [0.717, 1.165) is 0 Å². The van der Waals surface area contributed by atoms with Crippen molar-refractivity contribution < 1.29 is 14.2 Å². The Morgan fingerprint density at radius 3 is 2.06 bits per heavy atom. The summed E-state index contributed by atoms with van der Waals surface area (Å²) < 4.78 is 14.9. The first kappa shape index (κ1) is 13.1. The molecule has 0 saturated carbocycles. The van der Waals surface area contributed by atoms with Gasteiger partial charge in [-0.3, -0.25) is 0 Å². The average molecular weight is 292 g/mol. The molecule has 1 aromatic rings. The fourth-order valence-electron chi connectivity index (χ4n) is 1.09. The fourth-order valence-corrected chi connectivity index (χ4v) is 1.64. The predicted octanol–water partition coefficient (Wildman–Crippen LogP) is 0.841. The Hall–Kier alpha value is -0.950. The van der Waals surface area contributed by atoms with Crippen molar-refractivity contribution in [1.29, 1.82) is 0 Å². The molecular formula is C9H14BrN3O3. The monoisotopic (exact) mass is 291 g/mol. The maximum atomic E-state index is 5.01. The fraction of sp³-hybridized carbons (Fsp3) is 0.667. The van der Waals surface area contributed by atoms with Crippen molar-refractivity contribution in [3.05, 3.63) is 5.82 Å². The summed E-state index contributed by atoms with van der Waals surface area (Å²) in [6, 6.07) is 0.498. The lowest BCUT2D eigenvalue weighted by molar-refractivity contribution is 0.200. The average Bonchev–Trinajstić information content (AvgIpc) is 2.28. The topological polar surface area (TPSA) is 66.4 Å². The molecule has 6 nitrogen and oxygen atoms in total. The Morgan fingerprint density at radius 1 is 1.06 bits per heavy atom. The Kier molecular flexibility index (Phi) is 5.41. The van der Waals surface area contributed by atoms with Crippen LogP contribution in [-0.2, 0) is 11.2 Å². The highest BCUT2D eigenvalue weighted by molar-refractivity contribution is 9.09. The lowest BCUT2D eigenvalue weighted by atomic mass is 10.3. The van der Waals surface area contributed by atoms with E-state index in [4.69, 9.17) is 14.2 Å². The summed E-state index contributed by atoms with van der Waals surface area (Å²) in [5, 5.41) is 0. The summed E-state index contributed by atoms with van der Waals surface area (Å²) >= 11 is 3.46. The Labute approximate surface area is 102 Å². The van der Waals surface area contributed by atoms with E-state index in [1.807, 2.05) is 0 Å². The molecule has 1 atom stereocenters. The summed E-state index contributed by atoms with van der Waals surface area (Å²) in [4.78, 5) is 12.3. The van der Waals surface area contributed by atoms with Crippen LogP contribution in [0.15, 0.2) is 0 Å². The van der Waals surface area contributed by atoms with Crippen LogP contribution in [0.2, 0.25) is 0 Å². The second kappa shape index (κ2) is 6.59. The number of hydrogen-bond donors (Lipinski definition) is 0. The summed E-state index contributed by atoms with van der Waals surface area (Å²) in [7, 11) is 4.64. The summed E-state index contributed by atoms with van der Waals surface area (Å²) in [6.07, 6.45) is 0.614. The Balaban J connectivity index is 2.78. The molecule has 1 aromatic heterocycles. The minimum Gasteiger partial charge on any atom is -0.467 e. The standard InChI is InChI=1S/C9H14BrN3O3/c1-14-5-6(10)4-7-11-8(15-2)13-9(12-7)16-3/h6H,4-5H2,1-3H3. The van der Waals surface area contributed by atoms with Gasteiger partial charge in [0.25, 0.3) is 0 Å². The van der Waals surface area contributed by atoms with E-state index < -0.39 is 0 Å². The van der Waals surface area contributed by atoms with E-state index in [0.29, 0.717) is 18.9 Å². The van der Waals surface area contributed by atoms with E-state index in [1.165, 1.54) is 14.2 Å². The molecule has 90 valence electrons. The SMILES string of the molecule is COCC(Br)Cc1nc(OC)nc(OC)n1. The van der Waals surface area contributed by atoms with Crippen LogP contribution in [0.5, 0.6) is 12.0 Å². The maximum absolute atomic E-state index is 5.01. The molecule has 7 heteroatoms. The van der Waals surface area contributed by atoms with Crippen LogP contribution in [0.4, 0.5) is 0 Å². The van der Waals surface area contributed by atoms with E-state index in [1.54, 1.807) is 7.11 Å². The molecule has 0 bridgehead atoms. The third-order valence-electron chi connectivity index (χ3n) is 1.76. The molecule has 0 radical (unpaired) electrons. The Morgan fingerprint density at radius 2 is 1.62 bits per heavy atom. The van der Waals surface area contributed by atoms with Crippen LogP contribution >= 0.6 is 15.9 Å². The van der Waals surface area contributed by atoms with Gasteiger partial charge in [-0.2, -0.15) is 9.97 Å². The lowest BCUT2D eigenvalue weighted by Crippen LogP contribution is -2.13. The third-order valence-corrected chi connectivity index (χ3v) is 2.35. The first-order valence-corrected chi connectivity index (χ1v) is 5.57. The van der Waals surface area contributed by atoms with Crippen LogP contribution in [0.1, 0.15) is 5.82 Å². The number of ether oxygens (including phenoxy) is 3. The molecule has 0 fully saturated rings. The van der Waals surface area contributed by atoms with Crippen LogP contribution in [0.25, 0.3) is 0 Å². The van der Waals surface area contributed by atoms with Crippen molar-refractivity contribution in [2.45, 2.75) is 11.2 Å². The molecular weight excluding hydrogens is 278 g/mol. The molecule has 0 spiro atoms. The molecule has 0 N–H and O–H groups in total. The van der Waals surface area contributed by atoms with Gasteiger partial charge in [0.15, 0.2) is 0 Å². The molecule has 0 aliphatic carbocycles. The molecule has 0 aromatic carbocycles. The van der Waals surface area contributed by atoms with Crippen LogP contribution in [-0.4, -0.2) is 47.7 Å². The van der Waals surface area contributed by atoms with Gasteiger partial charge in [0, 0.05) is 18.4 Å². The van der Waals surface area contributed by atoms with Gasteiger partial charge in [-0.15, -0.1) is 4.98 Å². The highest BCUT2D eigenvalue weighted by Gasteiger charge is 2.11. The molecule has 0 aliphatic heterocycles. The van der Waals surface area contributed by atoms with Gasteiger partial charge in [0.05, 0.1) is 20.8 Å². The van der Waals surface area contributed by atoms with Crippen molar-refractivity contribution in [2.75, 3.05) is 27.9 Å². The minimum absolute atomic E-state index is 0.148. The second-order valence-electron chi connectivity index (χ2n) is 2.98. The smallest absolute Gasteiger partial charge is 0.322 e. The zero-order chi connectivity index (χ0) is 12.0. The van der Waals surface area contributed by atoms with Crippen molar-refractivity contribution in [2.24, 2.45) is 0 Å². The van der Waals surface area contributed by atoms with E-state index >= 15 is 0 Å². The number of alkyl halides is 1. The minimum atomic E-state index is 0.148. The van der Waals surface area contributed by atoms with Gasteiger partial charge in [-0.1, -0.05) is 15.9 Å². The van der Waals surface area contributed by atoms with E-state index in [2.05, 4.69) is 30.9 Å². The van der Waals surface area contributed by atoms with Crippen molar-refractivity contribution in [3.8, 4) is 12.0 Å². The number of aromatic nitrogens is 3. The molecule has 1 rings (SSSR count). The molecule has 1 unspecified atom stereocenters. The first-order chi connectivity index (χ1) is 7.69. The summed E-state index contributed by atoms with van der Waals surface area (Å²) in [5.74, 6) is 0.600. The number of hydrogen-bond acceptors (Lipinski definition) is 6. The third kappa shape index (κ3) is 3.90. The molecule has 1 heterocycles. The quantitative estimate of drug-likeness (QED) is 0.724. The predicted molar refractivity (Wildman–Crippen MR) is 61.2 cm³/mol. The van der Waals surface area contributed by atoms with Gasteiger partial charge in [-0.05, 0) is 0 Å².